The molecule has 8 heteroatoms. The van der Waals surface area contributed by atoms with Gasteiger partial charge in [0, 0.05) is 12.8 Å². The molecule has 8 nitrogen and oxygen atoms in total. The molecule has 1 aromatic carbocycles. The Balaban J connectivity index is 2.48. The molecule has 108 valence electrons. The number of aromatic hydroxyl groups is 1. The maximum absolute atomic E-state index is 11.3. The van der Waals surface area contributed by atoms with Crippen LogP contribution in [0.1, 0.15) is 18.4 Å². The van der Waals surface area contributed by atoms with Gasteiger partial charge in [-0.25, -0.2) is 11.3 Å². The molecule has 0 atom stereocenters. The Kier molecular flexibility index (Phi) is 5.98. The second-order valence-electron chi connectivity index (χ2n) is 3.79. The van der Waals surface area contributed by atoms with Crippen molar-refractivity contribution in [2.24, 2.45) is 10.9 Å². The van der Waals surface area contributed by atoms with Crippen LogP contribution in [0.3, 0.4) is 0 Å². The van der Waals surface area contributed by atoms with E-state index in [2.05, 4.69) is 10.5 Å². The number of ether oxygens (including phenoxy) is 1. The highest BCUT2D eigenvalue weighted by Gasteiger charge is 2.04. The van der Waals surface area contributed by atoms with Gasteiger partial charge in [0.25, 0.3) is 0 Å². The molecule has 0 fully saturated rings. The van der Waals surface area contributed by atoms with Crippen LogP contribution in [0.4, 0.5) is 0 Å². The minimum atomic E-state index is -0.424. The number of phenols is 1. The summed E-state index contributed by atoms with van der Waals surface area (Å²) in [5.41, 5.74) is 4.83. The molecule has 5 N–H and O–H groups in total. The van der Waals surface area contributed by atoms with E-state index in [1.165, 1.54) is 19.4 Å². The van der Waals surface area contributed by atoms with Crippen molar-refractivity contribution in [3.8, 4) is 11.5 Å². The largest absolute Gasteiger partial charge is 0.504 e. The minimum absolute atomic E-state index is 0.00904. The number of nitrogens with two attached hydrogens (primary N) is 1. The monoisotopic (exact) mass is 280 g/mol. The average molecular weight is 280 g/mol. The first kappa shape index (κ1) is 15.4. The van der Waals surface area contributed by atoms with Gasteiger partial charge in [0.2, 0.25) is 11.8 Å². The first-order valence-electron chi connectivity index (χ1n) is 5.75. The highest BCUT2D eigenvalue weighted by molar-refractivity contribution is 5.85. The number of carbonyl (C=O) groups is 2. The molecule has 0 unspecified atom stereocenters. The summed E-state index contributed by atoms with van der Waals surface area (Å²) >= 11 is 0. The Morgan fingerprint density at radius 1 is 1.40 bits per heavy atom. The van der Waals surface area contributed by atoms with Gasteiger partial charge in [-0.15, -0.1) is 0 Å². The molecule has 0 aliphatic carbocycles. The number of carbonyl (C=O) groups excluding carboxylic acids is 2. The molecular weight excluding hydrogens is 264 g/mol. The first-order chi connectivity index (χ1) is 9.56. The fourth-order valence-corrected chi connectivity index (χ4v) is 1.31. The SMILES string of the molecule is COc1cc(/C=N/NC(=O)CCC(=O)NN)ccc1O. The third kappa shape index (κ3) is 4.94. The summed E-state index contributed by atoms with van der Waals surface area (Å²) in [6.45, 7) is 0. The lowest BCUT2D eigenvalue weighted by Crippen LogP contribution is -2.31. The fraction of sp³-hybridized carbons (Fsp3) is 0.250. The summed E-state index contributed by atoms with van der Waals surface area (Å²) < 4.78 is 4.94. The number of hydrazine groups is 1. The van der Waals surface area contributed by atoms with Gasteiger partial charge in [-0.2, -0.15) is 5.10 Å². The molecule has 20 heavy (non-hydrogen) atoms. The van der Waals surface area contributed by atoms with Crippen molar-refractivity contribution in [3.63, 3.8) is 0 Å². The quantitative estimate of drug-likeness (QED) is 0.244. The van der Waals surface area contributed by atoms with Crippen molar-refractivity contribution in [1.82, 2.24) is 10.9 Å². The van der Waals surface area contributed by atoms with Gasteiger partial charge in [0.05, 0.1) is 13.3 Å². The van der Waals surface area contributed by atoms with Gasteiger partial charge in [0.15, 0.2) is 11.5 Å². The number of nitrogens with zero attached hydrogens (tertiary/aromatic N) is 1. The summed E-state index contributed by atoms with van der Waals surface area (Å²) in [6, 6.07) is 4.62. The number of hydrogen-bond acceptors (Lipinski definition) is 6. The molecule has 0 aromatic heterocycles. The lowest BCUT2D eigenvalue weighted by Gasteiger charge is -2.03. The first-order valence-corrected chi connectivity index (χ1v) is 5.75. The predicted octanol–water partition coefficient (Wildman–Crippen LogP) is -0.379. The van der Waals surface area contributed by atoms with E-state index in [9.17, 15) is 14.7 Å². The minimum Gasteiger partial charge on any atom is -0.504 e. The van der Waals surface area contributed by atoms with Crippen molar-refractivity contribution in [2.75, 3.05) is 7.11 Å². The van der Waals surface area contributed by atoms with Gasteiger partial charge in [-0.05, 0) is 23.8 Å². The predicted molar refractivity (Wildman–Crippen MR) is 72.0 cm³/mol. The van der Waals surface area contributed by atoms with Crippen LogP contribution in [0.2, 0.25) is 0 Å². The number of hydrazone groups is 1. The standard InChI is InChI=1S/C12H16N4O4/c1-20-10-6-8(2-3-9(10)17)7-14-16-12(19)5-4-11(18)15-13/h2-3,6-7,17H,4-5,13H2,1H3,(H,15,18)(H,16,19)/b14-7+. The number of phenolic OH excluding ortho intramolecular Hbond substituents is 1. The van der Waals surface area contributed by atoms with Crippen LogP contribution in [-0.4, -0.2) is 30.2 Å². The van der Waals surface area contributed by atoms with Crippen LogP contribution in [0.25, 0.3) is 0 Å². The maximum Gasteiger partial charge on any atom is 0.240 e. The number of rotatable bonds is 6. The Hall–Kier alpha value is -2.61. The molecule has 0 heterocycles. The summed E-state index contributed by atoms with van der Waals surface area (Å²) in [6.07, 6.45) is 1.37. The third-order valence-corrected chi connectivity index (χ3v) is 2.35. The van der Waals surface area contributed by atoms with E-state index in [0.717, 1.165) is 0 Å². The topological polar surface area (TPSA) is 126 Å². The smallest absolute Gasteiger partial charge is 0.240 e. The molecule has 0 spiro atoms. The Labute approximate surface area is 115 Å². The normalized spacial score (nSPS) is 10.3. The zero-order valence-corrected chi connectivity index (χ0v) is 10.9. The number of benzene rings is 1. The Morgan fingerprint density at radius 2 is 2.10 bits per heavy atom. The van der Waals surface area contributed by atoms with Crippen molar-refractivity contribution in [3.05, 3.63) is 23.8 Å². The molecular formula is C12H16N4O4. The lowest BCUT2D eigenvalue weighted by molar-refractivity contribution is -0.126. The summed E-state index contributed by atoms with van der Waals surface area (Å²) in [5.74, 6) is 4.37. The Morgan fingerprint density at radius 3 is 2.75 bits per heavy atom. The van der Waals surface area contributed by atoms with Crippen molar-refractivity contribution in [2.45, 2.75) is 12.8 Å². The molecule has 1 rings (SSSR count). The highest BCUT2D eigenvalue weighted by Crippen LogP contribution is 2.25. The number of amides is 2. The molecule has 0 bridgehead atoms. The summed E-state index contributed by atoms with van der Waals surface area (Å²) in [4.78, 5) is 22.1. The molecule has 0 aliphatic rings. The Bertz CT molecular complexity index is 516. The molecule has 0 aliphatic heterocycles. The molecule has 0 radical (unpaired) electrons. The fourth-order valence-electron chi connectivity index (χ4n) is 1.31. The second kappa shape index (κ2) is 7.74. The van der Waals surface area contributed by atoms with Gasteiger partial charge in [0.1, 0.15) is 0 Å². The van der Waals surface area contributed by atoms with Crippen LogP contribution in [0.5, 0.6) is 11.5 Å². The van der Waals surface area contributed by atoms with E-state index in [0.29, 0.717) is 11.3 Å². The zero-order chi connectivity index (χ0) is 15.0. The van der Waals surface area contributed by atoms with E-state index >= 15 is 0 Å². The zero-order valence-electron chi connectivity index (χ0n) is 10.9. The molecule has 1 aromatic rings. The van der Waals surface area contributed by atoms with E-state index in [1.54, 1.807) is 12.1 Å². The summed E-state index contributed by atoms with van der Waals surface area (Å²) in [5, 5.41) is 13.1. The van der Waals surface area contributed by atoms with Gasteiger partial charge < -0.3 is 9.84 Å². The number of methoxy groups -OCH3 is 1. The average Bonchev–Trinajstić information content (AvgIpc) is 2.46. The van der Waals surface area contributed by atoms with Gasteiger partial charge >= 0.3 is 0 Å². The molecule has 0 saturated heterocycles. The van der Waals surface area contributed by atoms with Crippen LogP contribution >= 0.6 is 0 Å². The van der Waals surface area contributed by atoms with Crippen LogP contribution in [0.15, 0.2) is 23.3 Å². The lowest BCUT2D eigenvalue weighted by atomic mass is 10.2. The van der Waals surface area contributed by atoms with Gasteiger partial charge in [-0.1, -0.05) is 0 Å². The van der Waals surface area contributed by atoms with Crippen molar-refractivity contribution in [1.29, 1.82) is 0 Å². The third-order valence-electron chi connectivity index (χ3n) is 2.35. The highest BCUT2D eigenvalue weighted by atomic mass is 16.5. The van der Waals surface area contributed by atoms with Crippen molar-refractivity contribution >= 4 is 18.0 Å². The van der Waals surface area contributed by atoms with Gasteiger partial charge in [-0.3, -0.25) is 15.0 Å². The van der Waals surface area contributed by atoms with Crippen LogP contribution in [0, 0.1) is 0 Å². The maximum atomic E-state index is 11.3. The number of nitrogens with one attached hydrogen (secondary N) is 2. The number of hydrogen-bond donors (Lipinski definition) is 4. The van der Waals surface area contributed by atoms with E-state index in [1.807, 2.05) is 5.43 Å². The van der Waals surface area contributed by atoms with E-state index < -0.39 is 11.8 Å². The van der Waals surface area contributed by atoms with E-state index in [-0.39, 0.29) is 18.6 Å². The van der Waals surface area contributed by atoms with E-state index in [4.69, 9.17) is 10.6 Å². The van der Waals surface area contributed by atoms with Crippen LogP contribution in [-0.2, 0) is 9.59 Å². The molecule has 2 amide bonds. The molecule has 0 saturated carbocycles. The van der Waals surface area contributed by atoms with Crippen LogP contribution < -0.4 is 21.4 Å². The van der Waals surface area contributed by atoms with Crippen molar-refractivity contribution < 1.29 is 19.4 Å². The second-order valence-corrected chi connectivity index (χ2v) is 3.79. The summed E-state index contributed by atoms with van der Waals surface area (Å²) in [7, 11) is 1.43.